The standard InChI is InChI=1S/C24H23BrFN3O2/c1-2-13-28(15-16-14-17(25)7-10-20(16)26)23(30)12-11-22-27-21-6-4-3-5-19(21)24(31)29(22)18-8-9-18/h2-7,10,14,18H,1,8-9,11-13,15H2. The van der Waals surface area contributed by atoms with E-state index < -0.39 is 0 Å². The quantitative estimate of drug-likeness (QED) is 0.433. The molecule has 0 unspecified atom stereocenters. The Morgan fingerprint density at radius 1 is 1.29 bits per heavy atom. The molecule has 1 aliphatic carbocycles. The van der Waals surface area contributed by atoms with Crippen LogP contribution in [0.4, 0.5) is 4.39 Å². The number of hydrogen-bond donors (Lipinski definition) is 0. The Bertz CT molecular complexity index is 1200. The van der Waals surface area contributed by atoms with Gasteiger partial charge in [0.25, 0.3) is 5.56 Å². The average Bonchev–Trinajstić information content (AvgIpc) is 3.59. The molecule has 3 aromatic rings. The number of fused-ring (bicyclic) bond motifs is 1. The molecule has 2 aromatic carbocycles. The summed E-state index contributed by atoms with van der Waals surface area (Å²) in [5.41, 5.74) is 1.03. The molecule has 0 aliphatic heterocycles. The molecule has 0 saturated heterocycles. The summed E-state index contributed by atoms with van der Waals surface area (Å²) >= 11 is 3.35. The van der Waals surface area contributed by atoms with E-state index in [1.807, 2.05) is 18.2 Å². The smallest absolute Gasteiger partial charge is 0.261 e. The van der Waals surface area contributed by atoms with E-state index >= 15 is 0 Å². The van der Waals surface area contributed by atoms with Crippen molar-refractivity contribution in [2.75, 3.05) is 6.54 Å². The zero-order chi connectivity index (χ0) is 22.0. The second-order valence-corrected chi connectivity index (χ2v) is 8.67. The molecular weight excluding hydrogens is 461 g/mol. The van der Waals surface area contributed by atoms with Crippen molar-refractivity contribution in [2.45, 2.75) is 38.3 Å². The number of carbonyl (C=O) groups is 1. The summed E-state index contributed by atoms with van der Waals surface area (Å²) in [6, 6.07) is 12.1. The highest BCUT2D eigenvalue weighted by molar-refractivity contribution is 9.10. The van der Waals surface area contributed by atoms with Crippen molar-refractivity contribution in [3.63, 3.8) is 0 Å². The van der Waals surface area contributed by atoms with Crippen LogP contribution < -0.4 is 5.56 Å². The SMILES string of the molecule is C=CCN(Cc1cc(Br)ccc1F)C(=O)CCc1nc2ccccc2c(=O)n1C1CC1. The van der Waals surface area contributed by atoms with Gasteiger partial charge >= 0.3 is 0 Å². The Balaban J connectivity index is 1.56. The van der Waals surface area contributed by atoms with Crippen molar-refractivity contribution in [1.29, 1.82) is 0 Å². The minimum absolute atomic E-state index is 0.0466. The second-order valence-electron chi connectivity index (χ2n) is 7.75. The minimum Gasteiger partial charge on any atom is -0.335 e. The number of hydrogen-bond acceptors (Lipinski definition) is 3. The van der Waals surface area contributed by atoms with Gasteiger partial charge in [-0.2, -0.15) is 0 Å². The molecule has 0 bridgehead atoms. The maximum absolute atomic E-state index is 14.2. The van der Waals surface area contributed by atoms with Crippen LogP contribution in [0.3, 0.4) is 0 Å². The zero-order valence-electron chi connectivity index (χ0n) is 17.1. The molecule has 1 amide bonds. The number of carbonyl (C=O) groups excluding carboxylic acids is 1. The number of aryl methyl sites for hydroxylation is 1. The summed E-state index contributed by atoms with van der Waals surface area (Å²) in [5, 5.41) is 0.600. The molecule has 5 nitrogen and oxygen atoms in total. The molecule has 1 aliphatic rings. The van der Waals surface area contributed by atoms with Gasteiger partial charge in [0.1, 0.15) is 11.6 Å². The first kappa shape index (κ1) is 21.4. The van der Waals surface area contributed by atoms with E-state index in [1.54, 1.807) is 33.7 Å². The van der Waals surface area contributed by atoms with Gasteiger partial charge in [-0.15, -0.1) is 6.58 Å². The van der Waals surface area contributed by atoms with Gasteiger partial charge in [0, 0.05) is 42.0 Å². The van der Waals surface area contributed by atoms with Crippen molar-refractivity contribution in [3.05, 3.63) is 87.2 Å². The van der Waals surface area contributed by atoms with E-state index in [-0.39, 0.29) is 36.3 Å². The summed E-state index contributed by atoms with van der Waals surface area (Å²) in [5.74, 6) is 0.139. The maximum atomic E-state index is 14.2. The topological polar surface area (TPSA) is 55.2 Å². The van der Waals surface area contributed by atoms with Gasteiger partial charge in [-0.3, -0.25) is 14.2 Å². The van der Waals surface area contributed by atoms with E-state index in [0.29, 0.717) is 35.3 Å². The van der Waals surface area contributed by atoms with Gasteiger partial charge in [0.2, 0.25) is 5.91 Å². The van der Waals surface area contributed by atoms with Gasteiger partial charge in [0.15, 0.2) is 0 Å². The summed E-state index contributed by atoms with van der Waals surface area (Å²) < 4.78 is 16.7. The Labute approximate surface area is 188 Å². The maximum Gasteiger partial charge on any atom is 0.261 e. The Morgan fingerprint density at radius 2 is 2.06 bits per heavy atom. The molecule has 1 aromatic heterocycles. The summed E-state index contributed by atoms with van der Waals surface area (Å²) in [7, 11) is 0. The summed E-state index contributed by atoms with van der Waals surface area (Å²) in [4.78, 5) is 32.2. The molecule has 0 spiro atoms. The van der Waals surface area contributed by atoms with E-state index in [1.165, 1.54) is 6.07 Å². The molecule has 1 fully saturated rings. The number of aromatic nitrogens is 2. The highest BCUT2D eigenvalue weighted by atomic mass is 79.9. The molecule has 1 saturated carbocycles. The summed E-state index contributed by atoms with van der Waals surface area (Å²) in [6.45, 7) is 4.18. The second kappa shape index (κ2) is 9.14. The molecule has 1 heterocycles. The van der Waals surface area contributed by atoms with E-state index in [9.17, 15) is 14.0 Å². The molecule has 160 valence electrons. The summed E-state index contributed by atoms with van der Waals surface area (Å²) in [6.07, 6.45) is 4.06. The monoisotopic (exact) mass is 483 g/mol. The third-order valence-electron chi connectivity index (χ3n) is 5.43. The Hall–Kier alpha value is -2.80. The normalized spacial score (nSPS) is 13.4. The van der Waals surface area contributed by atoms with E-state index in [4.69, 9.17) is 4.98 Å². The largest absolute Gasteiger partial charge is 0.335 e. The molecular formula is C24H23BrFN3O2. The molecule has 0 radical (unpaired) electrons. The van der Waals surface area contributed by atoms with Crippen molar-refractivity contribution < 1.29 is 9.18 Å². The Morgan fingerprint density at radius 3 is 2.81 bits per heavy atom. The third-order valence-corrected chi connectivity index (χ3v) is 5.92. The van der Waals surface area contributed by atoms with Crippen LogP contribution in [-0.2, 0) is 17.8 Å². The molecule has 4 rings (SSSR count). The number of halogens is 2. The van der Waals surface area contributed by atoms with Crippen molar-refractivity contribution in [2.24, 2.45) is 0 Å². The van der Waals surface area contributed by atoms with Gasteiger partial charge in [-0.25, -0.2) is 9.37 Å². The number of benzene rings is 2. The Kier molecular flexibility index (Phi) is 6.32. The fourth-order valence-corrected chi connectivity index (χ4v) is 4.14. The first-order valence-corrected chi connectivity index (χ1v) is 11.1. The number of para-hydroxylation sites is 1. The first-order chi connectivity index (χ1) is 15.0. The van der Waals surface area contributed by atoms with Crippen molar-refractivity contribution in [3.8, 4) is 0 Å². The molecule has 0 atom stereocenters. The average molecular weight is 484 g/mol. The third kappa shape index (κ3) is 4.77. The van der Waals surface area contributed by atoms with Crippen LogP contribution in [0.25, 0.3) is 10.9 Å². The predicted octanol–water partition coefficient (Wildman–Crippen LogP) is 4.78. The first-order valence-electron chi connectivity index (χ1n) is 10.3. The molecule has 7 heteroatoms. The van der Waals surface area contributed by atoms with Crippen LogP contribution in [0.15, 0.2) is 64.4 Å². The number of amides is 1. The minimum atomic E-state index is -0.358. The van der Waals surface area contributed by atoms with Crippen LogP contribution >= 0.6 is 15.9 Å². The molecule has 31 heavy (non-hydrogen) atoms. The lowest BCUT2D eigenvalue weighted by Gasteiger charge is -2.22. The predicted molar refractivity (Wildman–Crippen MR) is 122 cm³/mol. The van der Waals surface area contributed by atoms with E-state index in [0.717, 1.165) is 17.3 Å². The highest BCUT2D eigenvalue weighted by Gasteiger charge is 2.28. The van der Waals surface area contributed by atoms with Crippen LogP contribution in [0.2, 0.25) is 0 Å². The number of nitrogens with zero attached hydrogens (tertiary/aromatic N) is 3. The lowest BCUT2D eigenvalue weighted by Crippen LogP contribution is -2.32. The lowest BCUT2D eigenvalue weighted by molar-refractivity contribution is -0.131. The molecule has 0 N–H and O–H groups in total. The van der Waals surface area contributed by atoms with Gasteiger partial charge in [-0.1, -0.05) is 34.1 Å². The fourth-order valence-electron chi connectivity index (χ4n) is 3.73. The van der Waals surface area contributed by atoms with Crippen molar-refractivity contribution >= 4 is 32.7 Å². The zero-order valence-corrected chi connectivity index (χ0v) is 18.6. The van der Waals surface area contributed by atoms with Crippen LogP contribution in [0.1, 0.15) is 36.7 Å². The number of rotatable bonds is 8. The lowest BCUT2D eigenvalue weighted by atomic mass is 10.1. The van der Waals surface area contributed by atoms with Gasteiger partial charge < -0.3 is 4.90 Å². The fraction of sp³-hybridized carbons (Fsp3) is 0.292. The van der Waals surface area contributed by atoms with Crippen LogP contribution in [-0.4, -0.2) is 26.9 Å². The van der Waals surface area contributed by atoms with Crippen LogP contribution in [0.5, 0.6) is 0 Å². The van der Waals surface area contributed by atoms with Gasteiger partial charge in [-0.05, 0) is 43.2 Å². The van der Waals surface area contributed by atoms with E-state index in [2.05, 4.69) is 22.5 Å². The highest BCUT2D eigenvalue weighted by Crippen LogP contribution is 2.35. The van der Waals surface area contributed by atoms with Crippen LogP contribution in [0, 0.1) is 5.82 Å². The van der Waals surface area contributed by atoms with Crippen molar-refractivity contribution in [1.82, 2.24) is 14.5 Å². The van der Waals surface area contributed by atoms with Gasteiger partial charge in [0.05, 0.1) is 10.9 Å².